The molecule has 2 rings (SSSR count). The summed E-state index contributed by atoms with van der Waals surface area (Å²) in [5, 5.41) is 10.5. The van der Waals surface area contributed by atoms with E-state index in [2.05, 4.69) is 4.98 Å². The van der Waals surface area contributed by atoms with Crippen molar-refractivity contribution in [1.82, 2.24) is 4.98 Å². The zero-order valence-electron chi connectivity index (χ0n) is 8.98. The molecular weight excluding hydrogens is 210 g/mol. The fraction of sp³-hybridized carbons (Fsp3) is 0.727. The van der Waals surface area contributed by atoms with Gasteiger partial charge in [-0.3, -0.25) is 0 Å². The summed E-state index contributed by atoms with van der Waals surface area (Å²) in [6, 6.07) is 0. The minimum Gasteiger partial charge on any atom is -0.388 e. The number of hydrogen-bond donors (Lipinski definition) is 1. The van der Waals surface area contributed by atoms with Gasteiger partial charge in [-0.2, -0.15) is 0 Å². The highest BCUT2D eigenvalue weighted by Gasteiger charge is 2.16. The van der Waals surface area contributed by atoms with E-state index in [1.54, 1.807) is 24.5 Å². The molecule has 2 atom stereocenters. The smallest absolute Gasteiger partial charge is 0.0932 e. The van der Waals surface area contributed by atoms with Crippen molar-refractivity contribution in [3.8, 4) is 0 Å². The monoisotopic (exact) mass is 227 g/mol. The first-order chi connectivity index (χ1) is 7.25. The summed E-state index contributed by atoms with van der Waals surface area (Å²) >= 11 is 1.62. The van der Waals surface area contributed by atoms with E-state index < -0.39 is 0 Å². The predicted octanol–water partition coefficient (Wildman–Crippen LogP) is 2.17. The molecule has 0 amide bonds. The Bertz CT molecular complexity index is 305. The Hall–Kier alpha value is -0.450. The average molecular weight is 227 g/mol. The Morgan fingerprint density at radius 2 is 2.60 bits per heavy atom. The summed E-state index contributed by atoms with van der Waals surface area (Å²) in [5.41, 5.74) is 0. The van der Waals surface area contributed by atoms with Gasteiger partial charge in [0.2, 0.25) is 0 Å². The van der Waals surface area contributed by atoms with Crippen molar-refractivity contribution >= 4 is 11.3 Å². The van der Waals surface area contributed by atoms with Gasteiger partial charge in [0, 0.05) is 25.8 Å². The van der Waals surface area contributed by atoms with E-state index in [0.717, 1.165) is 29.5 Å². The molecule has 1 N–H and O–H groups in total. The standard InChI is InChI=1S/C11H17NO2S/c1-8(13)10-6-12-11(15-10)5-9-3-2-4-14-7-9/h6,8-9,13H,2-5,7H2,1H3. The van der Waals surface area contributed by atoms with Gasteiger partial charge in [-0.1, -0.05) is 0 Å². The lowest BCUT2D eigenvalue weighted by Gasteiger charge is -2.20. The van der Waals surface area contributed by atoms with Gasteiger partial charge in [0.1, 0.15) is 0 Å². The van der Waals surface area contributed by atoms with Gasteiger partial charge in [0.25, 0.3) is 0 Å². The molecule has 4 heteroatoms. The van der Waals surface area contributed by atoms with Crippen molar-refractivity contribution in [3.05, 3.63) is 16.1 Å². The lowest BCUT2D eigenvalue weighted by molar-refractivity contribution is 0.0550. The van der Waals surface area contributed by atoms with Crippen LogP contribution in [0.3, 0.4) is 0 Å². The van der Waals surface area contributed by atoms with Gasteiger partial charge in [-0.25, -0.2) is 4.98 Å². The largest absolute Gasteiger partial charge is 0.388 e. The van der Waals surface area contributed by atoms with E-state index in [0.29, 0.717) is 5.92 Å². The number of nitrogens with zero attached hydrogens (tertiary/aromatic N) is 1. The first kappa shape index (κ1) is 11.0. The van der Waals surface area contributed by atoms with Gasteiger partial charge in [0.15, 0.2) is 0 Å². The van der Waals surface area contributed by atoms with Crippen molar-refractivity contribution in [1.29, 1.82) is 0 Å². The van der Waals surface area contributed by atoms with E-state index in [4.69, 9.17) is 4.74 Å². The number of aromatic nitrogens is 1. The normalized spacial score (nSPS) is 24.0. The second kappa shape index (κ2) is 5.05. The number of aliphatic hydroxyl groups excluding tert-OH is 1. The Balaban J connectivity index is 1.91. The highest BCUT2D eigenvalue weighted by Crippen LogP contribution is 2.25. The van der Waals surface area contributed by atoms with Crippen molar-refractivity contribution in [3.63, 3.8) is 0 Å². The zero-order chi connectivity index (χ0) is 10.7. The van der Waals surface area contributed by atoms with Crippen LogP contribution in [0.4, 0.5) is 0 Å². The minimum atomic E-state index is -0.390. The molecule has 1 aromatic heterocycles. The second-order valence-electron chi connectivity index (χ2n) is 4.12. The maximum Gasteiger partial charge on any atom is 0.0932 e. The van der Waals surface area contributed by atoms with Crippen LogP contribution < -0.4 is 0 Å². The van der Waals surface area contributed by atoms with Crippen LogP contribution in [-0.2, 0) is 11.2 Å². The summed E-state index contributed by atoms with van der Waals surface area (Å²) in [4.78, 5) is 5.29. The molecule has 0 radical (unpaired) electrons. The Morgan fingerprint density at radius 1 is 1.73 bits per heavy atom. The van der Waals surface area contributed by atoms with Gasteiger partial charge < -0.3 is 9.84 Å². The van der Waals surface area contributed by atoms with Crippen molar-refractivity contribution < 1.29 is 9.84 Å². The summed E-state index contributed by atoms with van der Waals surface area (Å²) in [7, 11) is 0. The fourth-order valence-electron chi connectivity index (χ4n) is 1.83. The molecule has 0 bridgehead atoms. The van der Waals surface area contributed by atoms with Crippen LogP contribution in [0.15, 0.2) is 6.20 Å². The minimum absolute atomic E-state index is 0.390. The molecule has 0 aromatic carbocycles. The molecule has 3 nitrogen and oxygen atoms in total. The van der Waals surface area contributed by atoms with E-state index >= 15 is 0 Å². The first-order valence-electron chi connectivity index (χ1n) is 5.46. The van der Waals surface area contributed by atoms with E-state index in [1.807, 2.05) is 0 Å². The van der Waals surface area contributed by atoms with Gasteiger partial charge in [-0.05, 0) is 25.7 Å². The third-order valence-corrected chi connectivity index (χ3v) is 3.89. The topological polar surface area (TPSA) is 42.4 Å². The molecule has 0 saturated carbocycles. The zero-order valence-corrected chi connectivity index (χ0v) is 9.80. The Kier molecular flexibility index (Phi) is 3.72. The fourth-order valence-corrected chi connectivity index (χ4v) is 2.80. The molecule has 1 aromatic rings. The van der Waals surface area contributed by atoms with Crippen molar-refractivity contribution in [2.24, 2.45) is 5.92 Å². The third-order valence-electron chi connectivity index (χ3n) is 2.70. The van der Waals surface area contributed by atoms with E-state index in [9.17, 15) is 5.11 Å². The lowest BCUT2D eigenvalue weighted by Crippen LogP contribution is -2.19. The molecule has 1 fully saturated rings. The molecule has 1 saturated heterocycles. The van der Waals surface area contributed by atoms with Gasteiger partial charge in [0.05, 0.1) is 16.0 Å². The van der Waals surface area contributed by atoms with Crippen LogP contribution in [0.5, 0.6) is 0 Å². The van der Waals surface area contributed by atoms with Crippen LogP contribution in [0.25, 0.3) is 0 Å². The molecule has 1 aliphatic rings. The number of aliphatic hydroxyl groups is 1. The Labute approximate surface area is 94.1 Å². The SMILES string of the molecule is CC(O)c1cnc(CC2CCCOC2)s1. The average Bonchev–Trinajstić information content (AvgIpc) is 2.68. The van der Waals surface area contributed by atoms with Crippen molar-refractivity contribution in [2.75, 3.05) is 13.2 Å². The van der Waals surface area contributed by atoms with Crippen LogP contribution in [0, 0.1) is 5.92 Å². The molecule has 15 heavy (non-hydrogen) atoms. The number of thiazole rings is 1. The molecule has 2 heterocycles. The maximum absolute atomic E-state index is 9.39. The summed E-state index contributed by atoms with van der Waals surface area (Å²) in [5.74, 6) is 0.617. The van der Waals surface area contributed by atoms with Crippen LogP contribution in [-0.4, -0.2) is 23.3 Å². The molecule has 2 unspecified atom stereocenters. The van der Waals surface area contributed by atoms with Crippen LogP contribution in [0.2, 0.25) is 0 Å². The molecular formula is C11H17NO2S. The van der Waals surface area contributed by atoms with Gasteiger partial charge in [-0.15, -0.1) is 11.3 Å². The predicted molar refractivity (Wildman–Crippen MR) is 60.0 cm³/mol. The summed E-state index contributed by atoms with van der Waals surface area (Å²) < 4.78 is 5.44. The quantitative estimate of drug-likeness (QED) is 0.860. The number of ether oxygens (including phenoxy) is 1. The van der Waals surface area contributed by atoms with Crippen molar-refractivity contribution in [2.45, 2.75) is 32.3 Å². The highest BCUT2D eigenvalue weighted by molar-refractivity contribution is 7.11. The molecule has 0 spiro atoms. The maximum atomic E-state index is 9.39. The Morgan fingerprint density at radius 3 is 3.20 bits per heavy atom. The number of rotatable bonds is 3. The van der Waals surface area contributed by atoms with Crippen LogP contribution in [0.1, 0.15) is 35.8 Å². The first-order valence-corrected chi connectivity index (χ1v) is 6.28. The van der Waals surface area contributed by atoms with E-state index in [-0.39, 0.29) is 6.10 Å². The third kappa shape index (κ3) is 3.00. The van der Waals surface area contributed by atoms with E-state index in [1.165, 1.54) is 12.8 Å². The highest BCUT2D eigenvalue weighted by atomic mass is 32.1. The summed E-state index contributed by atoms with van der Waals surface area (Å²) in [6.45, 7) is 3.55. The number of hydrogen-bond acceptors (Lipinski definition) is 4. The van der Waals surface area contributed by atoms with Gasteiger partial charge >= 0.3 is 0 Å². The summed E-state index contributed by atoms with van der Waals surface area (Å²) in [6.07, 6.45) is 4.80. The molecule has 0 aliphatic carbocycles. The second-order valence-corrected chi connectivity index (χ2v) is 5.27. The molecule has 84 valence electrons. The molecule has 1 aliphatic heterocycles. The lowest BCUT2D eigenvalue weighted by atomic mass is 9.99. The van der Waals surface area contributed by atoms with Crippen LogP contribution >= 0.6 is 11.3 Å².